The van der Waals surface area contributed by atoms with Crippen molar-refractivity contribution in [3.8, 4) is 11.5 Å². The Kier molecular flexibility index (Phi) is 3.39. The van der Waals surface area contributed by atoms with Crippen LogP contribution >= 0.6 is 11.3 Å². The highest BCUT2D eigenvalue weighted by Gasteiger charge is 2.33. The van der Waals surface area contributed by atoms with Crippen LogP contribution in [0.1, 0.15) is 42.8 Å². The van der Waals surface area contributed by atoms with Gasteiger partial charge in [0.2, 0.25) is 0 Å². The SMILES string of the molecule is C[C@@H]1CCC[C@H](C)N1C(=O)c1scc2c1OCCO2. The predicted molar refractivity (Wildman–Crippen MR) is 74.3 cm³/mol. The van der Waals surface area contributed by atoms with Gasteiger partial charge < -0.3 is 14.4 Å². The molecule has 2 atom stereocenters. The van der Waals surface area contributed by atoms with Crippen LogP contribution in [-0.4, -0.2) is 36.1 Å². The normalized spacial score (nSPS) is 26.3. The van der Waals surface area contributed by atoms with Crippen molar-refractivity contribution in [3.63, 3.8) is 0 Å². The van der Waals surface area contributed by atoms with E-state index in [0.29, 0.717) is 35.9 Å². The summed E-state index contributed by atoms with van der Waals surface area (Å²) in [4.78, 5) is 15.5. The minimum absolute atomic E-state index is 0.0939. The molecule has 4 nitrogen and oxygen atoms in total. The van der Waals surface area contributed by atoms with Crippen molar-refractivity contribution in [2.75, 3.05) is 13.2 Å². The average Bonchev–Trinajstić information content (AvgIpc) is 2.82. The molecule has 1 amide bonds. The smallest absolute Gasteiger partial charge is 0.268 e. The van der Waals surface area contributed by atoms with Crippen LogP contribution in [0.25, 0.3) is 0 Å². The third kappa shape index (κ3) is 2.20. The molecule has 104 valence electrons. The van der Waals surface area contributed by atoms with E-state index in [1.54, 1.807) is 0 Å². The Bertz CT molecular complexity index is 475. The molecule has 0 N–H and O–H groups in total. The zero-order valence-corrected chi connectivity index (χ0v) is 12.2. The van der Waals surface area contributed by atoms with Gasteiger partial charge in [-0.05, 0) is 33.1 Å². The van der Waals surface area contributed by atoms with Gasteiger partial charge in [-0.1, -0.05) is 0 Å². The fraction of sp³-hybridized carbons (Fsp3) is 0.643. The Labute approximate surface area is 117 Å². The first-order valence-corrected chi connectivity index (χ1v) is 7.76. The van der Waals surface area contributed by atoms with Crippen LogP contribution in [0.15, 0.2) is 5.38 Å². The largest absolute Gasteiger partial charge is 0.485 e. The second kappa shape index (κ2) is 5.04. The van der Waals surface area contributed by atoms with Gasteiger partial charge in [0.1, 0.15) is 18.1 Å². The van der Waals surface area contributed by atoms with Gasteiger partial charge in [0.05, 0.1) is 0 Å². The third-order valence-electron chi connectivity index (χ3n) is 3.92. The number of fused-ring (bicyclic) bond motifs is 1. The number of carbonyl (C=O) groups is 1. The monoisotopic (exact) mass is 281 g/mol. The molecule has 5 heteroatoms. The number of thiophene rings is 1. The summed E-state index contributed by atoms with van der Waals surface area (Å²) in [6.07, 6.45) is 3.37. The van der Waals surface area contributed by atoms with E-state index in [9.17, 15) is 4.79 Å². The Morgan fingerprint density at radius 1 is 1.26 bits per heavy atom. The van der Waals surface area contributed by atoms with Crippen LogP contribution in [-0.2, 0) is 0 Å². The first-order chi connectivity index (χ1) is 9.18. The zero-order chi connectivity index (χ0) is 13.4. The Balaban J connectivity index is 1.89. The number of nitrogens with zero attached hydrogens (tertiary/aromatic N) is 1. The van der Waals surface area contributed by atoms with Crippen LogP contribution in [0, 0.1) is 0 Å². The third-order valence-corrected chi connectivity index (χ3v) is 4.85. The van der Waals surface area contributed by atoms with E-state index in [1.807, 2.05) is 10.3 Å². The van der Waals surface area contributed by atoms with Crippen molar-refractivity contribution < 1.29 is 14.3 Å². The van der Waals surface area contributed by atoms with Gasteiger partial charge in [-0.3, -0.25) is 4.79 Å². The van der Waals surface area contributed by atoms with Gasteiger partial charge in [-0.15, -0.1) is 11.3 Å². The van der Waals surface area contributed by atoms with E-state index in [2.05, 4.69) is 13.8 Å². The van der Waals surface area contributed by atoms with E-state index in [4.69, 9.17) is 9.47 Å². The van der Waals surface area contributed by atoms with Crippen molar-refractivity contribution in [1.29, 1.82) is 0 Å². The molecule has 1 saturated heterocycles. The second-order valence-electron chi connectivity index (χ2n) is 5.30. The molecule has 1 aromatic heterocycles. The maximum atomic E-state index is 12.8. The molecule has 2 aliphatic rings. The van der Waals surface area contributed by atoms with Gasteiger partial charge in [-0.25, -0.2) is 0 Å². The summed E-state index contributed by atoms with van der Waals surface area (Å²) in [6, 6.07) is 0.608. The maximum absolute atomic E-state index is 12.8. The molecule has 1 fully saturated rings. The van der Waals surface area contributed by atoms with Gasteiger partial charge in [0, 0.05) is 17.5 Å². The van der Waals surface area contributed by atoms with Gasteiger partial charge in [0.25, 0.3) is 5.91 Å². The standard InChI is InChI=1S/C14H19NO3S/c1-9-4-3-5-10(2)15(9)14(16)13-12-11(8-19-13)17-6-7-18-12/h8-10H,3-7H2,1-2H3/t9-,10+. The van der Waals surface area contributed by atoms with Gasteiger partial charge in [-0.2, -0.15) is 0 Å². The summed E-state index contributed by atoms with van der Waals surface area (Å²) >= 11 is 1.43. The molecule has 0 aliphatic carbocycles. The van der Waals surface area contributed by atoms with Crippen molar-refractivity contribution in [3.05, 3.63) is 10.3 Å². The van der Waals surface area contributed by atoms with E-state index < -0.39 is 0 Å². The zero-order valence-electron chi connectivity index (χ0n) is 11.3. The van der Waals surface area contributed by atoms with Crippen LogP contribution in [0.2, 0.25) is 0 Å². The number of amides is 1. The molecule has 3 heterocycles. The van der Waals surface area contributed by atoms with Gasteiger partial charge in [0.15, 0.2) is 11.5 Å². The lowest BCUT2D eigenvalue weighted by Gasteiger charge is -2.39. The molecule has 0 unspecified atom stereocenters. The first-order valence-electron chi connectivity index (χ1n) is 6.88. The average molecular weight is 281 g/mol. The number of piperidine rings is 1. The van der Waals surface area contributed by atoms with Crippen LogP contribution < -0.4 is 9.47 Å². The van der Waals surface area contributed by atoms with Crippen LogP contribution in [0.5, 0.6) is 11.5 Å². The summed E-state index contributed by atoms with van der Waals surface area (Å²) < 4.78 is 11.1. The van der Waals surface area contributed by atoms with E-state index in [1.165, 1.54) is 17.8 Å². The number of rotatable bonds is 1. The highest BCUT2D eigenvalue weighted by Crippen LogP contribution is 2.41. The summed E-state index contributed by atoms with van der Waals surface area (Å²) in [5.41, 5.74) is 0. The number of carbonyl (C=O) groups excluding carboxylic acids is 1. The van der Waals surface area contributed by atoms with E-state index in [-0.39, 0.29) is 5.91 Å². The molecule has 1 aromatic rings. The number of hydrogen-bond acceptors (Lipinski definition) is 4. The van der Waals surface area contributed by atoms with E-state index >= 15 is 0 Å². The Hall–Kier alpha value is -1.23. The molecular formula is C14H19NO3S. The minimum Gasteiger partial charge on any atom is -0.485 e. The molecular weight excluding hydrogens is 262 g/mol. The summed E-state index contributed by atoms with van der Waals surface area (Å²) in [5.74, 6) is 1.46. The highest BCUT2D eigenvalue weighted by molar-refractivity contribution is 7.12. The van der Waals surface area contributed by atoms with Crippen molar-refractivity contribution in [1.82, 2.24) is 4.90 Å². The lowest BCUT2D eigenvalue weighted by molar-refractivity contribution is 0.0508. The number of likely N-dealkylation sites (tertiary alicyclic amines) is 1. The lowest BCUT2D eigenvalue weighted by atomic mass is 9.97. The molecule has 19 heavy (non-hydrogen) atoms. The maximum Gasteiger partial charge on any atom is 0.268 e. The number of hydrogen-bond donors (Lipinski definition) is 0. The van der Waals surface area contributed by atoms with E-state index in [0.717, 1.165) is 18.6 Å². The quantitative estimate of drug-likeness (QED) is 0.794. The van der Waals surface area contributed by atoms with Crippen LogP contribution in [0.3, 0.4) is 0 Å². The highest BCUT2D eigenvalue weighted by atomic mass is 32.1. The first kappa shape index (κ1) is 12.8. The molecule has 0 radical (unpaired) electrons. The molecule has 0 bridgehead atoms. The molecule has 2 aliphatic heterocycles. The molecule has 0 aromatic carbocycles. The summed E-state index contributed by atoms with van der Waals surface area (Å²) in [5, 5.41) is 1.88. The summed E-state index contributed by atoms with van der Waals surface area (Å²) in [6.45, 7) is 5.35. The number of ether oxygens (including phenoxy) is 2. The Morgan fingerprint density at radius 3 is 2.68 bits per heavy atom. The lowest BCUT2D eigenvalue weighted by Crippen LogP contribution is -2.47. The Morgan fingerprint density at radius 2 is 1.95 bits per heavy atom. The van der Waals surface area contributed by atoms with Crippen LogP contribution in [0.4, 0.5) is 0 Å². The molecule has 0 spiro atoms. The topological polar surface area (TPSA) is 38.8 Å². The fourth-order valence-corrected chi connectivity index (χ4v) is 3.82. The van der Waals surface area contributed by atoms with Crippen molar-refractivity contribution in [2.45, 2.75) is 45.2 Å². The fourth-order valence-electron chi connectivity index (χ4n) is 2.95. The summed E-state index contributed by atoms with van der Waals surface area (Å²) in [7, 11) is 0. The molecule has 3 rings (SSSR count). The van der Waals surface area contributed by atoms with Crippen molar-refractivity contribution in [2.24, 2.45) is 0 Å². The van der Waals surface area contributed by atoms with Crippen molar-refractivity contribution >= 4 is 17.2 Å². The van der Waals surface area contributed by atoms with Gasteiger partial charge >= 0.3 is 0 Å². The molecule has 0 saturated carbocycles. The second-order valence-corrected chi connectivity index (χ2v) is 6.18. The minimum atomic E-state index is 0.0939. The predicted octanol–water partition coefficient (Wildman–Crippen LogP) is 2.92.